The summed E-state index contributed by atoms with van der Waals surface area (Å²) in [6.07, 6.45) is 0.457. The van der Waals surface area contributed by atoms with E-state index < -0.39 is 11.3 Å². The average Bonchev–Trinajstić information content (AvgIpc) is 2.01. The van der Waals surface area contributed by atoms with E-state index in [2.05, 4.69) is 0 Å². The number of halogens is 4. The summed E-state index contributed by atoms with van der Waals surface area (Å²) in [5, 5.41) is 0. The van der Waals surface area contributed by atoms with Gasteiger partial charge < -0.3 is 0 Å². The van der Waals surface area contributed by atoms with Gasteiger partial charge in [-0.15, -0.1) is 0 Å². The van der Waals surface area contributed by atoms with Crippen molar-refractivity contribution >= 4 is 11.8 Å². The lowest BCUT2D eigenvalue weighted by molar-refractivity contribution is -0.0328. The van der Waals surface area contributed by atoms with Crippen LogP contribution in [0.2, 0.25) is 0 Å². The summed E-state index contributed by atoms with van der Waals surface area (Å²) in [5.41, 5.74) is -3.86. The zero-order chi connectivity index (χ0) is 10.8. The number of hydrogen-bond donors (Lipinski definition) is 0. The molecule has 1 aromatic rings. The van der Waals surface area contributed by atoms with Gasteiger partial charge in [0.2, 0.25) is 0 Å². The molecule has 78 valence electrons. The molecule has 1 rings (SSSR count). The van der Waals surface area contributed by atoms with Crippen LogP contribution in [0.4, 0.5) is 17.6 Å². The maximum absolute atomic E-state index is 12.7. The second kappa shape index (κ2) is 4.21. The van der Waals surface area contributed by atoms with E-state index in [9.17, 15) is 17.6 Å². The molecule has 0 saturated heterocycles. The number of rotatable bonds is 2. The van der Waals surface area contributed by atoms with Gasteiger partial charge in [0.15, 0.2) is 0 Å². The Morgan fingerprint density at radius 2 is 1.93 bits per heavy atom. The van der Waals surface area contributed by atoms with E-state index in [0.717, 1.165) is 6.07 Å². The van der Waals surface area contributed by atoms with Gasteiger partial charge in [-0.25, -0.2) is 4.39 Å². The molecule has 0 saturated carbocycles. The summed E-state index contributed by atoms with van der Waals surface area (Å²) in [6.45, 7) is 1.73. The minimum atomic E-state index is -4.36. The molecule has 0 aliphatic heterocycles. The summed E-state index contributed by atoms with van der Waals surface area (Å²) >= 11 is -0.274. The van der Waals surface area contributed by atoms with E-state index >= 15 is 0 Å². The van der Waals surface area contributed by atoms with Crippen LogP contribution in [-0.4, -0.2) is 5.51 Å². The van der Waals surface area contributed by atoms with Gasteiger partial charge in [0, 0.05) is 4.90 Å². The van der Waals surface area contributed by atoms with Crippen LogP contribution in [-0.2, 0) is 6.42 Å². The topological polar surface area (TPSA) is 0 Å². The van der Waals surface area contributed by atoms with Gasteiger partial charge in [0.1, 0.15) is 5.82 Å². The maximum atomic E-state index is 12.7. The predicted octanol–water partition coefficient (Wildman–Crippen LogP) is 4.00. The van der Waals surface area contributed by atoms with Crippen molar-refractivity contribution in [2.45, 2.75) is 23.7 Å². The highest BCUT2D eigenvalue weighted by Crippen LogP contribution is 2.38. The summed E-state index contributed by atoms with van der Waals surface area (Å²) in [6, 6.07) is 3.46. The standard InChI is InChI=1S/C9H8F4S/c1-2-6-3-4-7(10)5-8(6)14-9(11,12)13/h3-5H,2H2,1H3. The third kappa shape index (κ3) is 3.21. The van der Waals surface area contributed by atoms with Crippen molar-refractivity contribution < 1.29 is 17.6 Å². The van der Waals surface area contributed by atoms with E-state index in [1.807, 2.05) is 0 Å². The van der Waals surface area contributed by atoms with Crippen LogP contribution in [0.3, 0.4) is 0 Å². The molecule has 14 heavy (non-hydrogen) atoms. The Balaban J connectivity index is 2.99. The summed E-state index contributed by atoms with van der Waals surface area (Å²) in [5.74, 6) is -0.644. The van der Waals surface area contributed by atoms with Gasteiger partial charge in [0.25, 0.3) is 0 Å². The van der Waals surface area contributed by atoms with Crippen molar-refractivity contribution in [3.8, 4) is 0 Å². The van der Waals surface area contributed by atoms with E-state index in [1.165, 1.54) is 12.1 Å². The summed E-state index contributed by atoms with van der Waals surface area (Å²) < 4.78 is 48.8. The van der Waals surface area contributed by atoms with Crippen molar-refractivity contribution in [1.29, 1.82) is 0 Å². The largest absolute Gasteiger partial charge is 0.446 e. The zero-order valence-corrected chi connectivity index (χ0v) is 8.18. The van der Waals surface area contributed by atoms with E-state index in [1.54, 1.807) is 6.92 Å². The first-order chi connectivity index (χ1) is 6.42. The molecule has 0 nitrogen and oxygen atoms in total. The molecule has 0 fully saturated rings. The van der Waals surface area contributed by atoms with Crippen LogP contribution in [0.15, 0.2) is 23.1 Å². The molecule has 5 heteroatoms. The lowest BCUT2D eigenvalue weighted by Crippen LogP contribution is -2.01. The van der Waals surface area contributed by atoms with Crippen molar-refractivity contribution in [2.24, 2.45) is 0 Å². The Morgan fingerprint density at radius 1 is 1.29 bits per heavy atom. The van der Waals surface area contributed by atoms with Crippen molar-refractivity contribution in [3.63, 3.8) is 0 Å². The number of hydrogen-bond acceptors (Lipinski definition) is 1. The minimum absolute atomic E-state index is 0.0556. The molecular weight excluding hydrogens is 216 g/mol. The van der Waals surface area contributed by atoms with Gasteiger partial charge >= 0.3 is 5.51 Å². The van der Waals surface area contributed by atoms with E-state index in [-0.39, 0.29) is 16.7 Å². The number of benzene rings is 1. The Labute approximate surface area is 83.3 Å². The normalized spacial score (nSPS) is 11.8. The fourth-order valence-corrected chi connectivity index (χ4v) is 1.80. The maximum Gasteiger partial charge on any atom is 0.446 e. The molecule has 0 heterocycles. The number of alkyl halides is 3. The summed E-state index contributed by atoms with van der Waals surface area (Å²) in [4.78, 5) is -0.0556. The molecule has 0 N–H and O–H groups in total. The highest BCUT2D eigenvalue weighted by atomic mass is 32.2. The van der Waals surface area contributed by atoms with Crippen LogP contribution in [0.25, 0.3) is 0 Å². The Hall–Kier alpha value is -0.710. The lowest BCUT2D eigenvalue weighted by Gasteiger charge is -2.09. The van der Waals surface area contributed by atoms with Gasteiger partial charge in [-0.3, -0.25) is 0 Å². The molecule has 0 radical (unpaired) electrons. The van der Waals surface area contributed by atoms with Gasteiger partial charge in [-0.05, 0) is 35.9 Å². The van der Waals surface area contributed by atoms with Crippen LogP contribution in [0.5, 0.6) is 0 Å². The SMILES string of the molecule is CCc1ccc(F)cc1SC(F)(F)F. The number of aryl methyl sites for hydroxylation is 1. The Kier molecular flexibility index (Phi) is 3.42. The van der Waals surface area contributed by atoms with E-state index in [0.29, 0.717) is 12.0 Å². The van der Waals surface area contributed by atoms with Crippen LogP contribution >= 0.6 is 11.8 Å². The van der Waals surface area contributed by atoms with Gasteiger partial charge in [-0.2, -0.15) is 13.2 Å². The second-order valence-electron chi connectivity index (χ2n) is 2.65. The molecule has 0 unspecified atom stereocenters. The summed E-state index contributed by atoms with van der Waals surface area (Å²) in [7, 11) is 0. The number of thioether (sulfide) groups is 1. The van der Waals surface area contributed by atoms with Crippen LogP contribution < -0.4 is 0 Å². The average molecular weight is 224 g/mol. The predicted molar refractivity (Wildman–Crippen MR) is 47.7 cm³/mol. The Bertz CT molecular complexity index is 319. The fourth-order valence-electron chi connectivity index (χ4n) is 1.04. The first kappa shape index (κ1) is 11.4. The van der Waals surface area contributed by atoms with Crippen molar-refractivity contribution in [1.82, 2.24) is 0 Å². The third-order valence-electron chi connectivity index (χ3n) is 1.64. The molecule has 0 atom stereocenters. The first-order valence-corrected chi connectivity index (χ1v) is 4.78. The molecule has 0 aliphatic carbocycles. The Morgan fingerprint density at radius 3 is 2.43 bits per heavy atom. The molecule has 0 spiro atoms. The van der Waals surface area contributed by atoms with E-state index in [4.69, 9.17) is 0 Å². The molecular formula is C9H8F4S. The smallest absolute Gasteiger partial charge is 0.207 e. The first-order valence-electron chi connectivity index (χ1n) is 3.96. The molecule has 0 aromatic heterocycles. The van der Waals surface area contributed by atoms with Crippen molar-refractivity contribution in [2.75, 3.05) is 0 Å². The van der Waals surface area contributed by atoms with Gasteiger partial charge in [0.05, 0.1) is 0 Å². The molecule has 0 bridgehead atoms. The lowest BCUT2D eigenvalue weighted by atomic mass is 10.2. The van der Waals surface area contributed by atoms with Crippen LogP contribution in [0, 0.1) is 5.82 Å². The highest BCUT2D eigenvalue weighted by Gasteiger charge is 2.30. The highest BCUT2D eigenvalue weighted by molar-refractivity contribution is 8.00. The van der Waals surface area contributed by atoms with Gasteiger partial charge in [-0.1, -0.05) is 13.0 Å². The molecule has 0 aliphatic rings. The monoisotopic (exact) mass is 224 g/mol. The second-order valence-corrected chi connectivity index (χ2v) is 3.76. The molecule has 0 amide bonds. The van der Waals surface area contributed by atoms with Crippen LogP contribution in [0.1, 0.15) is 12.5 Å². The zero-order valence-electron chi connectivity index (χ0n) is 7.36. The third-order valence-corrected chi connectivity index (χ3v) is 2.47. The molecule has 1 aromatic carbocycles. The quantitative estimate of drug-likeness (QED) is 0.540. The fraction of sp³-hybridized carbons (Fsp3) is 0.333. The van der Waals surface area contributed by atoms with Crippen molar-refractivity contribution in [3.05, 3.63) is 29.6 Å². The minimum Gasteiger partial charge on any atom is -0.207 e.